The highest BCUT2D eigenvalue weighted by Gasteiger charge is 2.10. The van der Waals surface area contributed by atoms with Crippen molar-refractivity contribution in [2.75, 3.05) is 0 Å². The van der Waals surface area contributed by atoms with E-state index in [4.69, 9.17) is 5.11 Å². The quantitative estimate of drug-likeness (QED) is 0.796. The Morgan fingerprint density at radius 3 is 2.80 bits per heavy atom. The average molecular weight is 335 g/mol. The number of pyridine rings is 1. The molecule has 0 fully saturated rings. The maximum Gasteiger partial charge on any atom is 0.337 e. The number of carboxylic acids is 1. The summed E-state index contributed by atoms with van der Waals surface area (Å²) < 4.78 is 4.25. The van der Waals surface area contributed by atoms with Crippen molar-refractivity contribution in [1.29, 1.82) is 0 Å². The molecule has 0 atom stereocenters. The van der Waals surface area contributed by atoms with Gasteiger partial charge >= 0.3 is 5.97 Å². The van der Waals surface area contributed by atoms with Crippen molar-refractivity contribution in [2.45, 2.75) is 6.42 Å². The molecule has 102 valence electrons. The van der Waals surface area contributed by atoms with Gasteiger partial charge in [0.1, 0.15) is 10.3 Å². The highest BCUT2D eigenvalue weighted by atomic mass is 79.9. The largest absolute Gasteiger partial charge is 0.478 e. The van der Waals surface area contributed by atoms with Gasteiger partial charge in [0.15, 0.2) is 0 Å². The minimum absolute atomic E-state index is 0.240. The first-order valence-electron chi connectivity index (χ1n) is 5.92. The number of aromatic carboxylic acids is 1. The summed E-state index contributed by atoms with van der Waals surface area (Å²) >= 11 is 3.40. The average Bonchev–Trinajstić information content (AvgIpc) is 2.91. The first-order valence-corrected chi connectivity index (χ1v) is 6.71. The Labute approximate surface area is 122 Å². The monoisotopic (exact) mass is 334 g/mol. The number of hydrogen-bond donors (Lipinski definition) is 1. The van der Waals surface area contributed by atoms with Gasteiger partial charge in [-0.15, -0.1) is 0 Å². The predicted octanol–water partition coefficient (Wildman–Crippen LogP) is 2.12. The standard InChI is InChI=1S/C13H11BrN4O2/c1-17-5-9(12(14)16-17)4-10-7-18-6-8(13(19)20)2-3-11(18)15-10/h2-3,5-7H,4H2,1H3,(H,19,20). The molecule has 0 aliphatic heterocycles. The fourth-order valence-corrected chi connectivity index (χ4v) is 2.57. The second-order valence-corrected chi connectivity index (χ2v) is 5.27. The lowest BCUT2D eigenvalue weighted by Crippen LogP contribution is -1.97. The Morgan fingerprint density at radius 2 is 2.15 bits per heavy atom. The molecular weight excluding hydrogens is 324 g/mol. The highest BCUT2D eigenvalue weighted by molar-refractivity contribution is 9.10. The van der Waals surface area contributed by atoms with Gasteiger partial charge in [0.05, 0.1) is 11.3 Å². The molecule has 0 bridgehead atoms. The van der Waals surface area contributed by atoms with Gasteiger partial charge in [-0.05, 0) is 28.1 Å². The van der Waals surface area contributed by atoms with Crippen molar-refractivity contribution in [2.24, 2.45) is 7.05 Å². The summed E-state index contributed by atoms with van der Waals surface area (Å²) in [5, 5.41) is 13.2. The molecule has 0 aromatic carbocycles. The summed E-state index contributed by atoms with van der Waals surface area (Å²) in [6.07, 6.45) is 5.96. The molecule has 0 radical (unpaired) electrons. The van der Waals surface area contributed by atoms with E-state index in [-0.39, 0.29) is 5.56 Å². The Kier molecular flexibility index (Phi) is 3.06. The fourth-order valence-electron chi connectivity index (χ4n) is 2.08. The number of halogens is 1. The van der Waals surface area contributed by atoms with Gasteiger partial charge in [-0.1, -0.05) is 0 Å². The van der Waals surface area contributed by atoms with Crippen LogP contribution in [0.4, 0.5) is 0 Å². The van der Waals surface area contributed by atoms with Gasteiger partial charge in [-0.3, -0.25) is 4.68 Å². The van der Waals surface area contributed by atoms with E-state index in [1.807, 2.05) is 19.4 Å². The molecule has 0 spiro atoms. The van der Waals surface area contributed by atoms with E-state index < -0.39 is 5.97 Å². The third-order valence-corrected chi connectivity index (χ3v) is 3.64. The zero-order valence-electron chi connectivity index (χ0n) is 10.6. The second kappa shape index (κ2) is 4.75. The van der Waals surface area contributed by atoms with Crippen LogP contribution >= 0.6 is 15.9 Å². The molecule has 3 heterocycles. The van der Waals surface area contributed by atoms with Crippen LogP contribution < -0.4 is 0 Å². The third kappa shape index (κ3) is 2.32. The molecule has 3 rings (SSSR count). The number of carboxylic acid groups (broad SMARTS) is 1. The van der Waals surface area contributed by atoms with Gasteiger partial charge in [-0.2, -0.15) is 5.10 Å². The minimum atomic E-state index is -0.947. The van der Waals surface area contributed by atoms with Crippen molar-refractivity contribution >= 4 is 27.5 Å². The van der Waals surface area contributed by atoms with Gasteiger partial charge in [0.25, 0.3) is 0 Å². The SMILES string of the molecule is Cn1cc(Cc2cn3cc(C(=O)O)ccc3n2)c(Br)n1. The predicted molar refractivity (Wildman–Crippen MR) is 75.9 cm³/mol. The number of hydrogen-bond acceptors (Lipinski definition) is 3. The number of rotatable bonds is 3. The molecule has 0 unspecified atom stereocenters. The van der Waals surface area contributed by atoms with E-state index >= 15 is 0 Å². The summed E-state index contributed by atoms with van der Waals surface area (Å²) in [6, 6.07) is 3.25. The van der Waals surface area contributed by atoms with Crippen molar-refractivity contribution in [3.8, 4) is 0 Å². The molecular formula is C13H11BrN4O2. The zero-order valence-corrected chi connectivity index (χ0v) is 12.2. The first kappa shape index (κ1) is 12.9. The van der Waals surface area contributed by atoms with Crippen LogP contribution in [0.15, 0.2) is 35.3 Å². The summed E-state index contributed by atoms with van der Waals surface area (Å²) in [4.78, 5) is 15.4. The molecule has 0 aliphatic carbocycles. The lowest BCUT2D eigenvalue weighted by Gasteiger charge is -1.95. The summed E-state index contributed by atoms with van der Waals surface area (Å²) in [6.45, 7) is 0. The van der Waals surface area contributed by atoms with E-state index in [9.17, 15) is 4.79 Å². The number of fused-ring (bicyclic) bond motifs is 1. The molecule has 6 nitrogen and oxygen atoms in total. The number of aryl methyl sites for hydroxylation is 1. The molecule has 3 aromatic heterocycles. The fraction of sp³-hybridized carbons (Fsp3) is 0.154. The van der Waals surface area contributed by atoms with Crippen molar-refractivity contribution in [3.63, 3.8) is 0 Å². The number of imidazole rings is 1. The van der Waals surface area contributed by atoms with Crippen LogP contribution in [-0.4, -0.2) is 30.2 Å². The van der Waals surface area contributed by atoms with Crippen molar-refractivity contribution in [3.05, 3.63) is 52.1 Å². The molecule has 0 saturated carbocycles. The van der Waals surface area contributed by atoms with E-state index in [2.05, 4.69) is 26.0 Å². The second-order valence-electron chi connectivity index (χ2n) is 4.52. The van der Waals surface area contributed by atoms with Crippen LogP contribution in [0.3, 0.4) is 0 Å². The summed E-state index contributed by atoms with van der Waals surface area (Å²) in [7, 11) is 1.86. The van der Waals surface area contributed by atoms with Gasteiger partial charge in [-0.25, -0.2) is 9.78 Å². The van der Waals surface area contributed by atoms with Gasteiger partial charge < -0.3 is 9.51 Å². The van der Waals surface area contributed by atoms with Crippen molar-refractivity contribution < 1.29 is 9.90 Å². The molecule has 7 heteroatoms. The Bertz CT molecular complexity index is 806. The minimum Gasteiger partial charge on any atom is -0.478 e. The molecule has 20 heavy (non-hydrogen) atoms. The third-order valence-electron chi connectivity index (χ3n) is 2.97. The van der Waals surface area contributed by atoms with E-state index in [1.165, 1.54) is 0 Å². The molecule has 3 aromatic rings. The van der Waals surface area contributed by atoms with Crippen LogP contribution in [0.2, 0.25) is 0 Å². The van der Waals surface area contributed by atoms with Gasteiger partial charge in [0, 0.05) is 37.6 Å². The lowest BCUT2D eigenvalue weighted by atomic mass is 10.2. The van der Waals surface area contributed by atoms with Crippen LogP contribution in [-0.2, 0) is 13.5 Å². The molecule has 1 N–H and O–H groups in total. The number of aromatic nitrogens is 4. The Morgan fingerprint density at radius 1 is 1.35 bits per heavy atom. The van der Waals surface area contributed by atoms with Crippen LogP contribution in [0.1, 0.15) is 21.6 Å². The van der Waals surface area contributed by atoms with E-state index in [0.29, 0.717) is 6.42 Å². The van der Waals surface area contributed by atoms with Gasteiger partial charge in [0.2, 0.25) is 0 Å². The van der Waals surface area contributed by atoms with Crippen LogP contribution in [0.25, 0.3) is 5.65 Å². The maximum absolute atomic E-state index is 10.9. The highest BCUT2D eigenvalue weighted by Crippen LogP contribution is 2.18. The summed E-state index contributed by atoms with van der Waals surface area (Å²) in [5.74, 6) is -0.947. The molecule has 0 saturated heterocycles. The maximum atomic E-state index is 10.9. The molecule has 0 amide bonds. The van der Waals surface area contributed by atoms with Crippen LogP contribution in [0, 0.1) is 0 Å². The van der Waals surface area contributed by atoms with Crippen LogP contribution in [0.5, 0.6) is 0 Å². The number of nitrogens with zero attached hydrogens (tertiary/aromatic N) is 4. The Balaban J connectivity index is 1.96. The Hall–Kier alpha value is -2.15. The number of carbonyl (C=O) groups is 1. The smallest absolute Gasteiger partial charge is 0.337 e. The zero-order chi connectivity index (χ0) is 14.3. The summed E-state index contributed by atoms with van der Waals surface area (Å²) in [5.41, 5.74) is 2.87. The van der Waals surface area contributed by atoms with Crippen molar-refractivity contribution in [1.82, 2.24) is 19.2 Å². The molecule has 0 aliphatic rings. The first-order chi connectivity index (χ1) is 9.52. The lowest BCUT2D eigenvalue weighted by molar-refractivity contribution is 0.0696. The normalized spacial score (nSPS) is 11.1. The van der Waals surface area contributed by atoms with E-state index in [1.54, 1.807) is 27.4 Å². The van der Waals surface area contributed by atoms with E-state index in [0.717, 1.165) is 21.5 Å². The topological polar surface area (TPSA) is 72.4 Å².